The zero-order valence-electron chi connectivity index (χ0n) is 7.96. The largest absolute Gasteiger partial charge is 0.480 e. The highest BCUT2D eigenvalue weighted by Gasteiger charge is 2.15. The van der Waals surface area contributed by atoms with Crippen LogP contribution < -0.4 is 10.6 Å². The Bertz CT molecular complexity index is 182. The Morgan fingerprint density at radius 3 is 2.46 bits per heavy atom. The van der Waals surface area contributed by atoms with Gasteiger partial charge in [0.25, 0.3) is 0 Å². The van der Waals surface area contributed by atoms with Gasteiger partial charge in [-0.2, -0.15) is 0 Å². The van der Waals surface area contributed by atoms with E-state index in [9.17, 15) is 9.59 Å². The monoisotopic (exact) mass is 188 g/mol. The molecular formula is C8H16N2O3. The van der Waals surface area contributed by atoms with E-state index in [2.05, 4.69) is 10.6 Å². The van der Waals surface area contributed by atoms with Crippen molar-refractivity contribution in [2.45, 2.75) is 25.8 Å². The number of nitrogens with one attached hydrogen (secondary N) is 2. The van der Waals surface area contributed by atoms with Crippen molar-refractivity contribution >= 4 is 11.9 Å². The number of hydrogen-bond donors (Lipinski definition) is 3. The summed E-state index contributed by atoms with van der Waals surface area (Å²) >= 11 is 0. The van der Waals surface area contributed by atoms with Gasteiger partial charge in [0.2, 0.25) is 5.91 Å². The summed E-state index contributed by atoms with van der Waals surface area (Å²) in [7, 11) is 1.57. The Kier molecular flexibility index (Phi) is 5.88. The van der Waals surface area contributed by atoms with Gasteiger partial charge >= 0.3 is 5.97 Å². The first-order chi connectivity index (χ1) is 6.11. The molecule has 1 amide bonds. The van der Waals surface area contributed by atoms with Gasteiger partial charge in [0.15, 0.2) is 0 Å². The molecule has 0 fully saturated rings. The molecule has 0 aromatic carbocycles. The fraction of sp³-hybridized carbons (Fsp3) is 0.750. The number of amides is 1. The van der Waals surface area contributed by atoms with Crippen LogP contribution in [0.3, 0.4) is 0 Å². The molecule has 1 atom stereocenters. The lowest BCUT2D eigenvalue weighted by atomic mass is 10.1. The Morgan fingerprint density at radius 2 is 2.08 bits per heavy atom. The minimum absolute atomic E-state index is 0.107. The van der Waals surface area contributed by atoms with E-state index >= 15 is 0 Å². The molecule has 5 nitrogen and oxygen atoms in total. The molecule has 0 aliphatic carbocycles. The van der Waals surface area contributed by atoms with Gasteiger partial charge in [-0.1, -0.05) is 0 Å². The van der Waals surface area contributed by atoms with Gasteiger partial charge in [0.1, 0.15) is 6.04 Å². The fourth-order valence-corrected chi connectivity index (χ4v) is 0.952. The molecule has 0 aromatic rings. The van der Waals surface area contributed by atoms with Crippen LogP contribution in [-0.2, 0) is 9.59 Å². The van der Waals surface area contributed by atoms with Crippen LogP contribution in [0.5, 0.6) is 0 Å². The lowest BCUT2D eigenvalue weighted by Gasteiger charge is -2.09. The number of carbonyl (C=O) groups excluding carboxylic acids is 1. The van der Waals surface area contributed by atoms with E-state index in [0.29, 0.717) is 13.0 Å². The first-order valence-corrected chi connectivity index (χ1v) is 4.28. The SMILES string of the molecule is CCNC(=O)CCC(NC)C(=O)O. The summed E-state index contributed by atoms with van der Waals surface area (Å²) < 4.78 is 0. The average molecular weight is 188 g/mol. The van der Waals surface area contributed by atoms with Gasteiger partial charge in [-0.15, -0.1) is 0 Å². The van der Waals surface area contributed by atoms with Crippen LogP contribution >= 0.6 is 0 Å². The van der Waals surface area contributed by atoms with E-state index in [1.54, 1.807) is 7.05 Å². The van der Waals surface area contributed by atoms with Gasteiger partial charge in [0.05, 0.1) is 0 Å². The van der Waals surface area contributed by atoms with Gasteiger partial charge in [-0.3, -0.25) is 9.59 Å². The van der Waals surface area contributed by atoms with Crippen LogP contribution in [-0.4, -0.2) is 36.6 Å². The third kappa shape index (κ3) is 5.19. The summed E-state index contributed by atoms with van der Waals surface area (Å²) in [5.74, 6) is -1.03. The normalized spacial score (nSPS) is 12.2. The predicted octanol–water partition coefficient (Wildman–Crippen LogP) is -0.425. The Hall–Kier alpha value is -1.10. The van der Waals surface area contributed by atoms with Crippen molar-refractivity contribution < 1.29 is 14.7 Å². The van der Waals surface area contributed by atoms with Crippen LogP contribution in [0, 0.1) is 0 Å². The maximum absolute atomic E-state index is 11.0. The highest BCUT2D eigenvalue weighted by Crippen LogP contribution is 1.96. The Balaban J connectivity index is 3.72. The minimum atomic E-state index is -0.924. The highest BCUT2D eigenvalue weighted by atomic mass is 16.4. The highest BCUT2D eigenvalue weighted by molar-refractivity contribution is 5.78. The van der Waals surface area contributed by atoms with Crippen molar-refractivity contribution in [3.8, 4) is 0 Å². The Labute approximate surface area is 77.5 Å². The number of likely N-dealkylation sites (N-methyl/N-ethyl adjacent to an activating group) is 1. The molecule has 0 bridgehead atoms. The standard InChI is InChI=1S/C8H16N2O3/c1-3-10-7(11)5-4-6(9-2)8(12)13/h6,9H,3-5H2,1-2H3,(H,10,11)(H,12,13). The van der Waals surface area contributed by atoms with Crippen molar-refractivity contribution in [2.24, 2.45) is 0 Å². The minimum Gasteiger partial charge on any atom is -0.480 e. The van der Waals surface area contributed by atoms with E-state index in [1.165, 1.54) is 0 Å². The number of carbonyl (C=O) groups is 2. The number of carboxylic acid groups (broad SMARTS) is 1. The lowest BCUT2D eigenvalue weighted by Crippen LogP contribution is -2.35. The zero-order chi connectivity index (χ0) is 10.3. The van der Waals surface area contributed by atoms with E-state index < -0.39 is 12.0 Å². The molecule has 0 rings (SSSR count). The number of rotatable bonds is 6. The number of hydrogen-bond acceptors (Lipinski definition) is 3. The van der Waals surface area contributed by atoms with Gasteiger partial charge in [0, 0.05) is 13.0 Å². The number of carboxylic acids is 1. The summed E-state index contributed by atoms with van der Waals surface area (Å²) in [6, 6.07) is -0.636. The molecule has 0 radical (unpaired) electrons. The van der Waals surface area contributed by atoms with E-state index in [-0.39, 0.29) is 12.3 Å². The third-order valence-electron chi connectivity index (χ3n) is 1.68. The van der Waals surface area contributed by atoms with Gasteiger partial charge < -0.3 is 15.7 Å². The average Bonchev–Trinajstić information content (AvgIpc) is 2.05. The van der Waals surface area contributed by atoms with E-state index in [4.69, 9.17) is 5.11 Å². The van der Waals surface area contributed by atoms with E-state index in [1.807, 2.05) is 6.92 Å². The van der Waals surface area contributed by atoms with Crippen LogP contribution in [0.2, 0.25) is 0 Å². The van der Waals surface area contributed by atoms with Gasteiger partial charge in [-0.25, -0.2) is 0 Å². The summed E-state index contributed by atoms with van der Waals surface area (Å²) in [6.45, 7) is 2.40. The molecule has 76 valence electrons. The molecule has 3 N–H and O–H groups in total. The molecule has 1 unspecified atom stereocenters. The molecule has 0 saturated heterocycles. The molecule has 0 spiro atoms. The predicted molar refractivity (Wildman–Crippen MR) is 48.4 cm³/mol. The first-order valence-electron chi connectivity index (χ1n) is 4.28. The molecule has 0 aliphatic heterocycles. The summed E-state index contributed by atoms with van der Waals surface area (Å²) in [6.07, 6.45) is 0.559. The van der Waals surface area contributed by atoms with Crippen LogP contribution in [0.4, 0.5) is 0 Å². The molecule has 5 heteroatoms. The molecule has 0 saturated carbocycles. The third-order valence-corrected chi connectivity index (χ3v) is 1.68. The van der Waals surface area contributed by atoms with Crippen molar-refractivity contribution in [1.82, 2.24) is 10.6 Å². The van der Waals surface area contributed by atoms with Crippen molar-refractivity contribution in [1.29, 1.82) is 0 Å². The second-order valence-corrected chi connectivity index (χ2v) is 2.67. The smallest absolute Gasteiger partial charge is 0.320 e. The maximum Gasteiger partial charge on any atom is 0.320 e. The molecule has 0 aromatic heterocycles. The summed E-state index contributed by atoms with van der Waals surface area (Å²) in [5.41, 5.74) is 0. The molecule has 0 heterocycles. The molecule has 0 aliphatic rings. The Morgan fingerprint density at radius 1 is 1.46 bits per heavy atom. The summed E-state index contributed by atoms with van der Waals surface area (Å²) in [5, 5.41) is 13.8. The maximum atomic E-state index is 11.0. The summed E-state index contributed by atoms with van der Waals surface area (Å²) in [4.78, 5) is 21.5. The van der Waals surface area contributed by atoms with Crippen molar-refractivity contribution in [2.75, 3.05) is 13.6 Å². The lowest BCUT2D eigenvalue weighted by molar-refractivity contribution is -0.139. The van der Waals surface area contributed by atoms with Crippen molar-refractivity contribution in [3.63, 3.8) is 0 Å². The quantitative estimate of drug-likeness (QED) is 0.529. The fourth-order valence-electron chi connectivity index (χ4n) is 0.952. The molecule has 13 heavy (non-hydrogen) atoms. The second kappa shape index (κ2) is 6.42. The second-order valence-electron chi connectivity index (χ2n) is 2.67. The molecular weight excluding hydrogens is 172 g/mol. The van der Waals surface area contributed by atoms with E-state index in [0.717, 1.165) is 0 Å². The number of aliphatic carboxylic acids is 1. The van der Waals surface area contributed by atoms with Crippen LogP contribution in [0.25, 0.3) is 0 Å². The zero-order valence-corrected chi connectivity index (χ0v) is 7.96. The first kappa shape index (κ1) is 11.9. The van der Waals surface area contributed by atoms with Gasteiger partial charge in [-0.05, 0) is 20.4 Å². The topological polar surface area (TPSA) is 78.4 Å². The van der Waals surface area contributed by atoms with Crippen LogP contribution in [0.15, 0.2) is 0 Å². The van der Waals surface area contributed by atoms with Crippen LogP contribution in [0.1, 0.15) is 19.8 Å². The van der Waals surface area contributed by atoms with Crippen molar-refractivity contribution in [3.05, 3.63) is 0 Å².